The molecule has 8 heteroatoms. The van der Waals surface area contributed by atoms with E-state index in [1.807, 2.05) is 0 Å². The van der Waals surface area contributed by atoms with Crippen molar-refractivity contribution in [1.29, 1.82) is 0 Å². The molecule has 1 aromatic heterocycles. The molecule has 2 heterocycles. The second kappa shape index (κ2) is 6.20. The molecule has 0 bridgehead atoms. The fraction of sp³-hybridized carbons (Fsp3) is 0.643. The molecular weight excluding hydrogens is 306 g/mol. The molecule has 1 saturated heterocycles. The summed E-state index contributed by atoms with van der Waals surface area (Å²) in [5, 5.41) is -0.887. The maximum absolute atomic E-state index is 12.5. The monoisotopic (exact) mass is 327 g/mol. The number of carbonyl (C=O) groups is 1. The van der Waals surface area contributed by atoms with E-state index in [1.165, 1.54) is 17.3 Å². The SMILES string of the molecule is CC(C)(C)OC(=O)N1CCC[C@H](S(=O)(=O)c2ncccn2)C1. The minimum Gasteiger partial charge on any atom is -0.444 e. The van der Waals surface area contributed by atoms with E-state index >= 15 is 0 Å². The third-order valence-corrected chi connectivity index (χ3v) is 5.25. The van der Waals surface area contributed by atoms with E-state index in [-0.39, 0.29) is 11.7 Å². The van der Waals surface area contributed by atoms with Crippen LogP contribution in [0.4, 0.5) is 4.79 Å². The molecule has 0 radical (unpaired) electrons. The van der Waals surface area contributed by atoms with Crippen molar-refractivity contribution in [3.63, 3.8) is 0 Å². The summed E-state index contributed by atoms with van der Waals surface area (Å²) in [4.78, 5) is 21.2. The van der Waals surface area contributed by atoms with Gasteiger partial charge >= 0.3 is 6.09 Å². The van der Waals surface area contributed by atoms with Gasteiger partial charge in [0.15, 0.2) is 0 Å². The number of ether oxygens (including phenoxy) is 1. The number of carbonyl (C=O) groups excluding carboxylic acids is 1. The van der Waals surface area contributed by atoms with E-state index in [0.717, 1.165) is 0 Å². The zero-order chi connectivity index (χ0) is 16.4. The number of sulfone groups is 1. The number of piperidine rings is 1. The second-order valence-corrected chi connectivity index (χ2v) is 8.39. The van der Waals surface area contributed by atoms with Gasteiger partial charge in [0.05, 0.1) is 5.25 Å². The van der Waals surface area contributed by atoms with Crippen molar-refractivity contribution in [3.05, 3.63) is 18.5 Å². The van der Waals surface area contributed by atoms with Gasteiger partial charge in [-0.2, -0.15) is 0 Å². The molecule has 0 unspecified atom stereocenters. The van der Waals surface area contributed by atoms with Gasteiger partial charge in [-0.05, 0) is 39.7 Å². The fourth-order valence-corrected chi connectivity index (χ4v) is 3.83. The van der Waals surface area contributed by atoms with Crippen LogP contribution in [0.3, 0.4) is 0 Å². The van der Waals surface area contributed by atoms with Crippen molar-refractivity contribution in [3.8, 4) is 0 Å². The van der Waals surface area contributed by atoms with Gasteiger partial charge in [0, 0.05) is 25.5 Å². The molecule has 2 rings (SSSR count). The number of amides is 1. The lowest BCUT2D eigenvalue weighted by atomic mass is 10.1. The number of rotatable bonds is 2. The number of likely N-dealkylation sites (tertiary alicyclic amines) is 1. The van der Waals surface area contributed by atoms with Gasteiger partial charge in [0.25, 0.3) is 0 Å². The first-order chi connectivity index (χ1) is 10.2. The van der Waals surface area contributed by atoms with Gasteiger partial charge in [-0.1, -0.05) is 0 Å². The van der Waals surface area contributed by atoms with Crippen molar-refractivity contribution >= 4 is 15.9 Å². The van der Waals surface area contributed by atoms with Crippen LogP contribution >= 0.6 is 0 Å². The van der Waals surface area contributed by atoms with Crippen LogP contribution in [0.2, 0.25) is 0 Å². The van der Waals surface area contributed by atoms with Crippen LogP contribution in [0.15, 0.2) is 23.6 Å². The Morgan fingerprint density at radius 3 is 2.55 bits per heavy atom. The average Bonchev–Trinajstić information content (AvgIpc) is 2.46. The van der Waals surface area contributed by atoms with Gasteiger partial charge in [-0.3, -0.25) is 0 Å². The highest BCUT2D eigenvalue weighted by molar-refractivity contribution is 7.91. The lowest BCUT2D eigenvalue weighted by Gasteiger charge is -2.33. The summed E-state index contributed by atoms with van der Waals surface area (Å²) in [6.07, 6.45) is 3.40. The van der Waals surface area contributed by atoms with Gasteiger partial charge in [-0.15, -0.1) is 0 Å². The van der Waals surface area contributed by atoms with E-state index in [4.69, 9.17) is 4.74 Å². The number of hydrogen-bond acceptors (Lipinski definition) is 6. The first-order valence-electron chi connectivity index (χ1n) is 7.19. The van der Waals surface area contributed by atoms with E-state index in [1.54, 1.807) is 26.8 Å². The summed E-state index contributed by atoms with van der Waals surface area (Å²) in [6, 6.07) is 1.56. The molecule has 7 nitrogen and oxygen atoms in total. The molecule has 1 aliphatic rings. The van der Waals surface area contributed by atoms with Gasteiger partial charge < -0.3 is 9.64 Å². The Hall–Kier alpha value is -1.70. The van der Waals surface area contributed by atoms with E-state index in [2.05, 4.69) is 9.97 Å². The molecule has 1 amide bonds. The maximum atomic E-state index is 12.5. The number of aromatic nitrogens is 2. The third kappa shape index (κ3) is 3.94. The molecule has 0 N–H and O–H groups in total. The average molecular weight is 327 g/mol. The Balaban J connectivity index is 2.12. The Labute approximate surface area is 130 Å². The third-order valence-electron chi connectivity index (χ3n) is 3.27. The summed E-state index contributed by atoms with van der Waals surface area (Å²) in [7, 11) is -3.64. The van der Waals surface area contributed by atoms with Crippen LogP contribution in [-0.4, -0.2) is 53.3 Å². The summed E-state index contributed by atoms with van der Waals surface area (Å²) in [6.45, 7) is 5.94. The highest BCUT2D eigenvalue weighted by Gasteiger charge is 2.36. The van der Waals surface area contributed by atoms with E-state index in [0.29, 0.717) is 19.4 Å². The van der Waals surface area contributed by atoms with Crippen LogP contribution in [0.1, 0.15) is 33.6 Å². The fourth-order valence-electron chi connectivity index (χ4n) is 2.27. The van der Waals surface area contributed by atoms with E-state index < -0.39 is 26.8 Å². The summed E-state index contributed by atoms with van der Waals surface area (Å²) >= 11 is 0. The van der Waals surface area contributed by atoms with Crippen molar-refractivity contribution in [1.82, 2.24) is 14.9 Å². The minimum atomic E-state index is -3.64. The molecule has 0 spiro atoms. The molecule has 0 aliphatic carbocycles. The molecule has 1 aromatic rings. The normalized spacial score (nSPS) is 19.8. The minimum absolute atomic E-state index is 0.107. The predicted octanol–water partition coefficient (Wildman–Crippen LogP) is 1.65. The highest BCUT2D eigenvalue weighted by Crippen LogP contribution is 2.22. The van der Waals surface area contributed by atoms with Gasteiger partial charge in [-0.25, -0.2) is 23.2 Å². The van der Waals surface area contributed by atoms with Crippen molar-refractivity contribution in [2.75, 3.05) is 13.1 Å². The molecule has 0 aromatic carbocycles. The summed E-state index contributed by atoms with van der Waals surface area (Å²) < 4.78 is 30.4. The maximum Gasteiger partial charge on any atom is 0.410 e. The summed E-state index contributed by atoms with van der Waals surface area (Å²) in [5.41, 5.74) is -0.606. The quantitative estimate of drug-likeness (QED) is 0.767. The molecule has 22 heavy (non-hydrogen) atoms. The molecule has 1 aliphatic heterocycles. The van der Waals surface area contributed by atoms with Crippen molar-refractivity contribution in [2.45, 2.75) is 49.6 Å². The standard InChI is InChI=1S/C14H21N3O4S/c1-14(2,3)21-13(18)17-9-4-6-11(10-17)22(19,20)12-15-7-5-8-16-12/h5,7-8,11H,4,6,9-10H2,1-3H3/t11-/m0/s1. The Morgan fingerprint density at radius 1 is 1.32 bits per heavy atom. The van der Waals surface area contributed by atoms with E-state index in [9.17, 15) is 13.2 Å². The summed E-state index contributed by atoms with van der Waals surface area (Å²) in [5.74, 6) is 0. The smallest absolute Gasteiger partial charge is 0.410 e. The number of hydrogen-bond donors (Lipinski definition) is 0. The molecule has 1 fully saturated rings. The van der Waals surface area contributed by atoms with Gasteiger partial charge in [0.2, 0.25) is 15.0 Å². The lowest BCUT2D eigenvalue weighted by molar-refractivity contribution is 0.0219. The van der Waals surface area contributed by atoms with Crippen molar-refractivity contribution < 1.29 is 17.9 Å². The van der Waals surface area contributed by atoms with Crippen LogP contribution in [0.25, 0.3) is 0 Å². The Morgan fingerprint density at radius 2 is 1.95 bits per heavy atom. The van der Waals surface area contributed by atoms with Gasteiger partial charge in [0.1, 0.15) is 5.60 Å². The Bertz CT molecular complexity index is 625. The molecular formula is C14H21N3O4S. The Kier molecular flexibility index (Phi) is 4.69. The molecule has 0 saturated carbocycles. The van der Waals surface area contributed by atoms with Crippen molar-refractivity contribution in [2.24, 2.45) is 0 Å². The van der Waals surface area contributed by atoms with Crippen LogP contribution < -0.4 is 0 Å². The van der Waals surface area contributed by atoms with Crippen LogP contribution in [0.5, 0.6) is 0 Å². The predicted molar refractivity (Wildman–Crippen MR) is 80.0 cm³/mol. The number of nitrogens with zero attached hydrogens (tertiary/aromatic N) is 3. The second-order valence-electron chi connectivity index (χ2n) is 6.27. The molecule has 122 valence electrons. The van der Waals surface area contributed by atoms with Crippen LogP contribution in [0, 0.1) is 0 Å². The first kappa shape index (κ1) is 16.7. The topological polar surface area (TPSA) is 89.5 Å². The largest absolute Gasteiger partial charge is 0.444 e. The molecule has 1 atom stereocenters. The highest BCUT2D eigenvalue weighted by atomic mass is 32.2. The van der Waals surface area contributed by atoms with Crippen LogP contribution in [-0.2, 0) is 14.6 Å². The zero-order valence-electron chi connectivity index (χ0n) is 13.0. The lowest BCUT2D eigenvalue weighted by Crippen LogP contribution is -2.47. The zero-order valence-corrected chi connectivity index (χ0v) is 13.8. The first-order valence-corrected chi connectivity index (χ1v) is 8.73.